The molecule has 1 fully saturated rings. The lowest BCUT2D eigenvalue weighted by molar-refractivity contribution is -0.385. The van der Waals surface area contributed by atoms with Crippen molar-refractivity contribution in [2.24, 2.45) is 0 Å². The van der Waals surface area contributed by atoms with Crippen LogP contribution in [0, 0.1) is 17.0 Å². The first kappa shape index (κ1) is 16.2. The maximum Gasteiger partial charge on any atom is 0.274 e. The molecule has 2 N–H and O–H groups in total. The maximum absolute atomic E-state index is 12.1. The lowest BCUT2D eigenvalue weighted by Crippen LogP contribution is -2.32. The number of halogens is 1. The van der Waals surface area contributed by atoms with Crippen LogP contribution in [0.15, 0.2) is 16.6 Å². The molecule has 21 heavy (non-hydrogen) atoms. The molecule has 9 heteroatoms. The fourth-order valence-electron chi connectivity index (χ4n) is 2.31. The van der Waals surface area contributed by atoms with Gasteiger partial charge in [0.1, 0.15) is 0 Å². The van der Waals surface area contributed by atoms with Crippen molar-refractivity contribution in [3.05, 3.63) is 32.3 Å². The van der Waals surface area contributed by atoms with Crippen molar-refractivity contribution >= 4 is 37.3 Å². The third-order valence-corrected chi connectivity index (χ3v) is 5.36. The van der Waals surface area contributed by atoms with Crippen molar-refractivity contribution < 1.29 is 13.3 Å². The smallest absolute Gasteiger partial charge is 0.274 e. The highest BCUT2D eigenvalue weighted by atomic mass is 79.9. The molecule has 0 bridgehead atoms. The summed E-state index contributed by atoms with van der Waals surface area (Å²) in [6, 6.07) is 2.70. The van der Waals surface area contributed by atoms with E-state index in [4.69, 9.17) is 0 Å². The molecule has 1 saturated heterocycles. The Morgan fingerprint density at radius 1 is 1.52 bits per heavy atom. The Morgan fingerprint density at radius 2 is 2.24 bits per heavy atom. The first-order valence-electron chi connectivity index (χ1n) is 6.47. The summed E-state index contributed by atoms with van der Waals surface area (Å²) in [5.41, 5.74) is 0.535. The molecule has 2 rings (SSSR count). The minimum Gasteiger partial charge on any atom is -0.313 e. The predicted octanol–water partition coefficient (Wildman–Crippen LogP) is 2.16. The van der Waals surface area contributed by atoms with Crippen LogP contribution < -0.4 is 10.0 Å². The maximum atomic E-state index is 12.1. The quantitative estimate of drug-likeness (QED) is 0.604. The predicted molar refractivity (Wildman–Crippen MR) is 84.0 cm³/mol. The zero-order valence-corrected chi connectivity index (χ0v) is 13.8. The number of rotatable bonds is 5. The van der Waals surface area contributed by atoms with Crippen LogP contribution in [0.1, 0.15) is 18.4 Å². The van der Waals surface area contributed by atoms with Gasteiger partial charge in [-0.2, -0.15) is 0 Å². The number of nitrogens with one attached hydrogen (secondary N) is 2. The van der Waals surface area contributed by atoms with Gasteiger partial charge < -0.3 is 5.32 Å². The Bertz CT molecular complexity index is 657. The van der Waals surface area contributed by atoms with Crippen molar-refractivity contribution in [1.29, 1.82) is 0 Å². The average Bonchev–Trinajstić information content (AvgIpc) is 2.84. The summed E-state index contributed by atoms with van der Waals surface area (Å²) in [4.78, 5) is 10.4. The van der Waals surface area contributed by atoms with Crippen LogP contribution in [0.3, 0.4) is 0 Å². The van der Waals surface area contributed by atoms with E-state index in [-0.39, 0.29) is 23.2 Å². The molecule has 1 aromatic carbocycles. The Labute approximate surface area is 131 Å². The minimum absolute atomic E-state index is 0.0406. The number of nitrogens with zero attached hydrogens (tertiary/aromatic N) is 1. The number of benzene rings is 1. The molecule has 0 spiro atoms. The summed E-state index contributed by atoms with van der Waals surface area (Å²) in [5.74, 6) is -0.0406. The normalized spacial score (nSPS) is 18.7. The van der Waals surface area contributed by atoms with Crippen molar-refractivity contribution in [1.82, 2.24) is 5.32 Å². The average molecular weight is 378 g/mol. The van der Waals surface area contributed by atoms with E-state index >= 15 is 0 Å². The molecular weight excluding hydrogens is 362 g/mol. The molecule has 1 aromatic rings. The molecule has 1 unspecified atom stereocenters. The minimum atomic E-state index is -3.56. The molecule has 0 radical (unpaired) electrons. The van der Waals surface area contributed by atoms with Crippen molar-refractivity contribution in [3.8, 4) is 0 Å². The molecule has 1 aliphatic heterocycles. The fourth-order valence-corrected chi connectivity index (χ4v) is 4.40. The Balaban J connectivity index is 2.21. The second-order valence-electron chi connectivity index (χ2n) is 5.05. The van der Waals surface area contributed by atoms with Gasteiger partial charge in [-0.15, -0.1) is 0 Å². The summed E-state index contributed by atoms with van der Waals surface area (Å²) in [6.07, 6.45) is 1.77. The lowest BCUT2D eigenvalue weighted by Gasteiger charge is -2.14. The summed E-state index contributed by atoms with van der Waals surface area (Å²) in [6.45, 7) is 2.42. The van der Waals surface area contributed by atoms with E-state index in [2.05, 4.69) is 26.0 Å². The lowest BCUT2D eigenvalue weighted by atomic mass is 10.2. The van der Waals surface area contributed by atoms with Gasteiger partial charge in [0.05, 0.1) is 16.4 Å². The molecule has 1 heterocycles. The molecule has 116 valence electrons. The number of nitro groups is 1. The van der Waals surface area contributed by atoms with Crippen molar-refractivity contribution in [3.63, 3.8) is 0 Å². The number of nitro benzene ring substituents is 1. The van der Waals surface area contributed by atoms with Crippen LogP contribution in [-0.2, 0) is 10.0 Å². The molecule has 1 aliphatic rings. The second kappa shape index (κ2) is 6.29. The van der Waals surface area contributed by atoms with Gasteiger partial charge in [-0.25, -0.2) is 8.42 Å². The standard InChI is InChI=1S/C12H16BrN3O4S/c1-8-5-10(13)11(6-12(8)16(17)18)15-21(19,20)7-9-3-2-4-14-9/h5-6,9,14-15H,2-4,7H2,1H3. The van der Waals surface area contributed by atoms with E-state index < -0.39 is 14.9 Å². The topological polar surface area (TPSA) is 101 Å². The van der Waals surface area contributed by atoms with Gasteiger partial charge in [-0.1, -0.05) is 0 Å². The highest BCUT2D eigenvalue weighted by Crippen LogP contribution is 2.31. The van der Waals surface area contributed by atoms with Gasteiger partial charge in [0.25, 0.3) is 5.69 Å². The molecule has 0 amide bonds. The summed E-state index contributed by atoms with van der Waals surface area (Å²) < 4.78 is 27.2. The van der Waals surface area contributed by atoms with E-state index in [9.17, 15) is 18.5 Å². The third kappa shape index (κ3) is 4.14. The number of aryl methyl sites for hydroxylation is 1. The SMILES string of the molecule is Cc1cc(Br)c(NS(=O)(=O)CC2CCCN2)cc1[N+](=O)[O-]. The zero-order chi connectivity index (χ0) is 15.6. The highest BCUT2D eigenvalue weighted by Gasteiger charge is 2.24. The van der Waals surface area contributed by atoms with E-state index in [0.717, 1.165) is 19.4 Å². The largest absolute Gasteiger partial charge is 0.313 e. The fraction of sp³-hybridized carbons (Fsp3) is 0.500. The van der Waals surface area contributed by atoms with E-state index in [0.29, 0.717) is 10.0 Å². The van der Waals surface area contributed by atoms with E-state index in [1.807, 2.05) is 0 Å². The Morgan fingerprint density at radius 3 is 2.81 bits per heavy atom. The van der Waals surface area contributed by atoms with E-state index in [1.54, 1.807) is 6.92 Å². The summed E-state index contributed by atoms with van der Waals surface area (Å²) >= 11 is 3.23. The monoisotopic (exact) mass is 377 g/mol. The van der Waals surface area contributed by atoms with Crippen LogP contribution in [-0.4, -0.2) is 31.7 Å². The molecule has 7 nitrogen and oxygen atoms in total. The van der Waals surface area contributed by atoms with Gasteiger partial charge in [-0.05, 0) is 48.3 Å². The van der Waals surface area contributed by atoms with Gasteiger partial charge >= 0.3 is 0 Å². The van der Waals surface area contributed by atoms with Crippen molar-refractivity contribution in [2.45, 2.75) is 25.8 Å². The Hall–Kier alpha value is -1.19. The second-order valence-corrected chi connectivity index (χ2v) is 7.67. The van der Waals surface area contributed by atoms with Crippen LogP contribution >= 0.6 is 15.9 Å². The van der Waals surface area contributed by atoms with Crippen LogP contribution in [0.5, 0.6) is 0 Å². The van der Waals surface area contributed by atoms with Gasteiger partial charge in [0.2, 0.25) is 10.0 Å². The first-order chi connectivity index (χ1) is 9.78. The van der Waals surface area contributed by atoms with Gasteiger partial charge in [0.15, 0.2) is 0 Å². The van der Waals surface area contributed by atoms with Gasteiger partial charge in [0, 0.05) is 22.1 Å². The highest BCUT2D eigenvalue weighted by molar-refractivity contribution is 9.10. The first-order valence-corrected chi connectivity index (χ1v) is 8.91. The molecule has 0 aliphatic carbocycles. The van der Waals surface area contributed by atoms with Crippen LogP contribution in [0.2, 0.25) is 0 Å². The third-order valence-electron chi connectivity index (χ3n) is 3.33. The van der Waals surface area contributed by atoms with Crippen LogP contribution in [0.25, 0.3) is 0 Å². The molecule has 0 saturated carbocycles. The number of hydrogen-bond donors (Lipinski definition) is 2. The van der Waals surface area contributed by atoms with Crippen molar-refractivity contribution in [2.75, 3.05) is 17.0 Å². The molecule has 1 atom stereocenters. The van der Waals surface area contributed by atoms with E-state index in [1.165, 1.54) is 12.1 Å². The zero-order valence-electron chi connectivity index (χ0n) is 11.4. The molecular formula is C12H16BrN3O4S. The van der Waals surface area contributed by atoms with Crippen LogP contribution in [0.4, 0.5) is 11.4 Å². The van der Waals surface area contributed by atoms with Gasteiger partial charge in [-0.3, -0.25) is 14.8 Å². The number of hydrogen-bond acceptors (Lipinski definition) is 5. The summed E-state index contributed by atoms with van der Waals surface area (Å²) in [7, 11) is -3.56. The Kier molecular flexibility index (Phi) is 4.84. The number of anilines is 1. The summed E-state index contributed by atoms with van der Waals surface area (Å²) in [5, 5.41) is 14.0. The number of sulfonamides is 1. The molecule has 0 aromatic heterocycles.